The summed E-state index contributed by atoms with van der Waals surface area (Å²) in [5, 5.41) is 1.77. The van der Waals surface area contributed by atoms with E-state index in [-0.39, 0.29) is 18.1 Å². The lowest BCUT2D eigenvalue weighted by atomic mass is 10.1. The number of aryl methyl sites for hydroxylation is 2. The third-order valence-corrected chi connectivity index (χ3v) is 7.61. The number of hydrogen-bond donors (Lipinski definition) is 0. The van der Waals surface area contributed by atoms with E-state index < -0.39 is 0 Å². The molecule has 0 saturated carbocycles. The first-order valence-electron chi connectivity index (χ1n) is 11.2. The van der Waals surface area contributed by atoms with Crippen LogP contribution in [0, 0.1) is 19.7 Å². The van der Waals surface area contributed by atoms with Crippen molar-refractivity contribution >= 4 is 28.8 Å². The van der Waals surface area contributed by atoms with E-state index in [1.807, 2.05) is 47.7 Å². The molecule has 34 heavy (non-hydrogen) atoms. The van der Waals surface area contributed by atoms with E-state index in [0.29, 0.717) is 23.9 Å². The zero-order chi connectivity index (χ0) is 23.8. The summed E-state index contributed by atoms with van der Waals surface area (Å²) < 4.78 is 15.4. The zero-order valence-electron chi connectivity index (χ0n) is 19.0. The Hall–Kier alpha value is -3.03. The molecular formula is C26H24ClFN4OS. The minimum Gasteiger partial charge on any atom is -0.342 e. The number of fused-ring (bicyclic) bond motifs is 1. The maximum atomic E-state index is 13.6. The number of amides is 1. The van der Waals surface area contributed by atoms with Crippen molar-refractivity contribution in [3.05, 3.63) is 86.5 Å². The maximum absolute atomic E-state index is 13.6. The van der Waals surface area contributed by atoms with E-state index in [4.69, 9.17) is 16.6 Å². The van der Waals surface area contributed by atoms with Gasteiger partial charge in [0.25, 0.3) is 0 Å². The Balaban J connectivity index is 1.44. The SMILES string of the molecule is Cc1nc2c(s1)CCN(C(=O)Cc1nc(-c3ccc(Cl)c(C)c3)cn1-c1ccc(F)cc1)CC2. The van der Waals surface area contributed by atoms with E-state index in [1.165, 1.54) is 17.0 Å². The van der Waals surface area contributed by atoms with Gasteiger partial charge in [-0.1, -0.05) is 17.7 Å². The average Bonchev–Trinajstić information content (AvgIpc) is 3.33. The highest BCUT2D eigenvalue weighted by molar-refractivity contribution is 7.11. The summed E-state index contributed by atoms with van der Waals surface area (Å²) in [5.41, 5.74) is 4.48. The molecule has 1 aliphatic rings. The predicted octanol–water partition coefficient (Wildman–Crippen LogP) is 5.58. The molecule has 5 nitrogen and oxygen atoms in total. The Morgan fingerprint density at radius 3 is 2.62 bits per heavy atom. The summed E-state index contributed by atoms with van der Waals surface area (Å²) in [6.45, 7) is 5.29. The van der Waals surface area contributed by atoms with Crippen LogP contribution >= 0.6 is 22.9 Å². The molecule has 0 radical (unpaired) electrons. The third kappa shape index (κ3) is 4.63. The molecule has 5 rings (SSSR count). The number of hydrogen-bond acceptors (Lipinski definition) is 4. The van der Waals surface area contributed by atoms with Crippen LogP contribution in [0.5, 0.6) is 0 Å². The van der Waals surface area contributed by atoms with Crippen LogP contribution in [0.3, 0.4) is 0 Å². The molecule has 0 spiro atoms. The topological polar surface area (TPSA) is 51.0 Å². The Morgan fingerprint density at radius 2 is 1.85 bits per heavy atom. The van der Waals surface area contributed by atoms with E-state index in [1.54, 1.807) is 23.5 Å². The van der Waals surface area contributed by atoms with E-state index >= 15 is 0 Å². The van der Waals surface area contributed by atoms with Gasteiger partial charge in [0, 0.05) is 53.3 Å². The van der Waals surface area contributed by atoms with E-state index in [0.717, 1.165) is 46.1 Å². The van der Waals surface area contributed by atoms with Gasteiger partial charge in [-0.2, -0.15) is 0 Å². The van der Waals surface area contributed by atoms with Gasteiger partial charge >= 0.3 is 0 Å². The van der Waals surface area contributed by atoms with Gasteiger partial charge in [0.2, 0.25) is 5.91 Å². The third-order valence-electron chi connectivity index (χ3n) is 6.11. The van der Waals surface area contributed by atoms with Gasteiger partial charge in [0.15, 0.2) is 0 Å². The second kappa shape index (κ2) is 9.31. The molecule has 0 unspecified atom stereocenters. The van der Waals surface area contributed by atoms with Crippen LogP contribution in [0.2, 0.25) is 5.02 Å². The molecule has 0 bridgehead atoms. The molecule has 0 atom stereocenters. The first-order chi connectivity index (χ1) is 16.4. The van der Waals surface area contributed by atoms with Crippen LogP contribution in [0.25, 0.3) is 16.9 Å². The second-order valence-corrected chi connectivity index (χ2v) is 10.2. The fourth-order valence-electron chi connectivity index (χ4n) is 4.30. The molecule has 174 valence electrons. The molecule has 0 aliphatic carbocycles. The Labute approximate surface area is 206 Å². The summed E-state index contributed by atoms with van der Waals surface area (Å²) in [5.74, 6) is 0.336. The van der Waals surface area contributed by atoms with Crippen LogP contribution in [0.1, 0.15) is 27.0 Å². The quantitative estimate of drug-likeness (QED) is 0.372. The number of benzene rings is 2. The summed E-state index contributed by atoms with van der Waals surface area (Å²) in [6.07, 6.45) is 3.65. The van der Waals surface area contributed by atoms with Crippen LogP contribution in [0.15, 0.2) is 48.7 Å². The molecule has 3 heterocycles. The van der Waals surface area contributed by atoms with Crippen molar-refractivity contribution in [2.75, 3.05) is 13.1 Å². The number of carbonyl (C=O) groups excluding carboxylic acids is 1. The van der Waals surface area contributed by atoms with Gasteiger partial charge in [-0.25, -0.2) is 14.4 Å². The van der Waals surface area contributed by atoms with Crippen molar-refractivity contribution in [3.63, 3.8) is 0 Å². The van der Waals surface area contributed by atoms with Crippen molar-refractivity contribution in [1.29, 1.82) is 0 Å². The van der Waals surface area contributed by atoms with Gasteiger partial charge in [-0.15, -0.1) is 11.3 Å². The lowest BCUT2D eigenvalue weighted by Crippen LogP contribution is -2.35. The van der Waals surface area contributed by atoms with Crippen LogP contribution in [0.4, 0.5) is 4.39 Å². The number of imidazole rings is 1. The van der Waals surface area contributed by atoms with Crippen LogP contribution < -0.4 is 0 Å². The molecule has 2 aromatic heterocycles. The predicted molar refractivity (Wildman–Crippen MR) is 133 cm³/mol. The normalized spacial score (nSPS) is 13.6. The van der Waals surface area contributed by atoms with Crippen molar-refractivity contribution in [3.8, 4) is 16.9 Å². The van der Waals surface area contributed by atoms with E-state index in [2.05, 4.69) is 4.98 Å². The number of nitrogens with zero attached hydrogens (tertiary/aromatic N) is 4. The summed E-state index contributed by atoms with van der Waals surface area (Å²) in [4.78, 5) is 25.9. The largest absolute Gasteiger partial charge is 0.342 e. The molecule has 4 aromatic rings. The van der Waals surface area contributed by atoms with Gasteiger partial charge in [0.1, 0.15) is 11.6 Å². The fourth-order valence-corrected chi connectivity index (χ4v) is 5.39. The van der Waals surface area contributed by atoms with Crippen LogP contribution in [-0.2, 0) is 24.1 Å². The summed E-state index contributed by atoms with van der Waals surface area (Å²) >= 11 is 7.92. The molecule has 0 fully saturated rings. The zero-order valence-corrected chi connectivity index (χ0v) is 20.6. The minimum absolute atomic E-state index is 0.0275. The number of thiazole rings is 1. The van der Waals surface area contributed by atoms with Crippen molar-refractivity contribution in [1.82, 2.24) is 19.4 Å². The summed E-state index contributed by atoms with van der Waals surface area (Å²) in [6, 6.07) is 12.0. The monoisotopic (exact) mass is 494 g/mol. The highest BCUT2D eigenvalue weighted by Crippen LogP contribution is 2.27. The number of aromatic nitrogens is 3. The van der Waals surface area contributed by atoms with Gasteiger partial charge in [-0.3, -0.25) is 4.79 Å². The standard InChI is InChI=1S/C26H24ClFN4OS/c1-16-13-18(3-8-21(16)27)23-15-32(20-6-4-19(28)5-7-20)25(30-23)14-26(33)31-11-9-22-24(10-12-31)34-17(2)29-22/h3-8,13,15H,9-12,14H2,1-2H3. The first-order valence-corrected chi connectivity index (χ1v) is 12.4. The average molecular weight is 495 g/mol. The Kier molecular flexibility index (Phi) is 6.23. The minimum atomic E-state index is -0.309. The number of halogens is 2. The van der Waals surface area contributed by atoms with Gasteiger partial charge < -0.3 is 9.47 Å². The molecule has 0 N–H and O–H groups in total. The van der Waals surface area contributed by atoms with E-state index in [9.17, 15) is 9.18 Å². The number of rotatable bonds is 4. The molecule has 1 aliphatic heterocycles. The molecule has 2 aromatic carbocycles. The molecular weight excluding hydrogens is 471 g/mol. The molecule has 8 heteroatoms. The van der Waals surface area contributed by atoms with Crippen LogP contribution in [-0.4, -0.2) is 38.4 Å². The lowest BCUT2D eigenvalue weighted by Gasteiger charge is -2.20. The highest BCUT2D eigenvalue weighted by Gasteiger charge is 2.23. The molecule has 1 amide bonds. The smallest absolute Gasteiger partial charge is 0.230 e. The highest BCUT2D eigenvalue weighted by atomic mass is 35.5. The van der Waals surface area contributed by atoms with Crippen molar-refractivity contribution in [2.24, 2.45) is 0 Å². The lowest BCUT2D eigenvalue weighted by molar-refractivity contribution is -0.130. The Morgan fingerprint density at radius 1 is 1.09 bits per heavy atom. The second-order valence-electron chi connectivity index (χ2n) is 8.51. The van der Waals surface area contributed by atoms with Gasteiger partial charge in [0.05, 0.1) is 22.8 Å². The first kappa shape index (κ1) is 22.7. The van der Waals surface area contributed by atoms with Gasteiger partial charge in [-0.05, 0) is 55.8 Å². The molecule has 0 saturated heterocycles. The summed E-state index contributed by atoms with van der Waals surface area (Å²) in [7, 11) is 0. The maximum Gasteiger partial charge on any atom is 0.230 e. The number of carbonyl (C=O) groups is 1. The Bertz CT molecular complexity index is 1340. The van der Waals surface area contributed by atoms with Crippen molar-refractivity contribution < 1.29 is 9.18 Å². The fraction of sp³-hybridized carbons (Fsp3) is 0.269. The van der Waals surface area contributed by atoms with Crippen molar-refractivity contribution in [2.45, 2.75) is 33.1 Å².